The van der Waals surface area contributed by atoms with Gasteiger partial charge >= 0.3 is 0 Å². The first kappa shape index (κ1) is 16.0. The number of nitrogens with two attached hydrogens (primary N) is 1. The van der Waals surface area contributed by atoms with E-state index in [1.807, 2.05) is 38.1 Å². The minimum atomic E-state index is 0.228. The molecule has 0 saturated carbocycles. The van der Waals surface area contributed by atoms with E-state index in [4.69, 9.17) is 17.3 Å². The van der Waals surface area contributed by atoms with Gasteiger partial charge in [0, 0.05) is 16.1 Å². The number of anilines is 1. The molecule has 24 heavy (non-hydrogen) atoms. The van der Waals surface area contributed by atoms with Gasteiger partial charge in [0.1, 0.15) is 17.5 Å². The molecule has 0 unspecified atom stereocenters. The highest BCUT2D eigenvalue weighted by Gasteiger charge is 2.14. The molecular formula is C20H16ClN3. The Morgan fingerprint density at radius 3 is 2.54 bits per heavy atom. The second-order valence-electron chi connectivity index (χ2n) is 5.76. The minimum Gasteiger partial charge on any atom is -0.383 e. The molecule has 0 aliphatic rings. The predicted octanol–water partition coefficient (Wildman–Crippen LogP) is 5.14. The molecule has 0 bridgehead atoms. The first-order valence-corrected chi connectivity index (χ1v) is 7.91. The van der Waals surface area contributed by atoms with Crippen LogP contribution in [-0.4, -0.2) is 4.98 Å². The molecule has 0 saturated heterocycles. The van der Waals surface area contributed by atoms with Crippen molar-refractivity contribution in [3.8, 4) is 28.5 Å². The molecule has 0 aliphatic carbocycles. The average Bonchev–Trinajstić information content (AvgIpc) is 2.56. The molecule has 0 aliphatic heterocycles. The Kier molecular flexibility index (Phi) is 4.24. The van der Waals surface area contributed by atoms with Crippen LogP contribution in [0.2, 0.25) is 5.02 Å². The highest BCUT2D eigenvalue weighted by Crippen LogP contribution is 2.33. The molecule has 0 spiro atoms. The maximum absolute atomic E-state index is 9.49. The fraction of sp³-hybridized carbons (Fsp3) is 0.100. The lowest BCUT2D eigenvalue weighted by Crippen LogP contribution is -2.00. The van der Waals surface area contributed by atoms with Crippen molar-refractivity contribution in [1.29, 1.82) is 5.26 Å². The van der Waals surface area contributed by atoms with Gasteiger partial charge in [-0.25, -0.2) is 4.98 Å². The molecular weight excluding hydrogens is 318 g/mol. The average molecular weight is 334 g/mol. The Hall–Kier alpha value is -2.83. The van der Waals surface area contributed by atoms with E-state index in [-0.39, 0.29) is 5.82 Å². The second kappa shape index (κ2) is 6.35. The summed E-state index contributed by atoms with van der Waals surface area (Å²) in [5.74, 6) is 0.228. The summed E-state index contributed by atoms with van der Waals surface area (Å²) < 4.78 is 0. The third kappa shape index (κ3) is 2.97. The smallest absolute Gasteiger partial charge is 0.142 e. The molecule has 1 aromatic heterocycles. The monoisotopic (exact) mass is 333 g/mol. The summed E-state index contributed by atoms with van der Waals surface area (Å²) in [5.41, 5.74) is 12.0. The maximum Gasteiger partial charge on any atom is 0.142 e. The van der Waals surface area contributed by atoms with E-state index < -0.39 is 0 Å². The van der Waals surface area contributed by atoms with Crippen LogP contribution >= 0.6 is 11.6 Å². The number of nitrogens with zero attached hydrogens (tertiary/aromatic N) is 2. The van der Waals surface area contributed by atoms with Crippen molar-refractivity contribution in [2.45, 2.75) is 13.8 Å². The van der Waals surface area contributed by atoms with Crippen LogP contribution in [0.1, 0.15) is 16.7 Å². The van der Waals surface area contributed by atoms with Gasteiger partial charge in [0.05, 0.1) is 5.69 Å². The number of pyridine rings is 1. The van der Waals surface area contributed by atoms with Crippen molar-refractivity contribution >= 4 is 17.4 Å². The van der Waals surface area contributed by atoms with Gasteiger partial charge in [-0.15, -0.1) is 0 Å². The molecule has 1 heterocycles. The lowest BCUT2D eigenvalue weighted by Gasteiger charge is -2.12. The quantitative estimate of drug-likeness (QED) is 0.706. The zero-order chi connectivity index (χ0) is 17.3. The zero-order valence-electron chi connectivity index (χ0n) is 13.5. The van der Waals surface area contributed by atoms with Gasteiger partial charge in [-0.3, -0.25) is 0 Å². The molecule has 118 valence electrons. The summed E-state index contributed by atoms with van der Waals surface area (Å²) >= 11 is 6.10. The van der Waals surface area contributed by atoms with E-state index in [0.717, 1.165) is 33.5 Å². The molecule has 0 radical (unpaired) electrons. The fourth-order valence-electron chi connectivity index (χ4n) is 2.72. The number of benzene rings is 2. The van der Waals surface area contributed by atoms with Gasteiger partial charge < -0.3 is 5.73 Å². The van der Waals surface area contributed by atoms with Crippen molar-refractivity contribution in [3.05, 3.63) is 70.2 Å². The summed E-state index contributed by atoms with van der Waals surface area (Å²) in [6.07, 6.45) is 0. The molecule has 3 rings (SSSR count). The Balaban J connectivity index is 2.28. The summed E-state index contributed by atoms with van der Waals surface area (Å²) in [7, 11) is 0. The third-order valence-electron chi connectivity index (χ3n) is 3.96. The standard InChI is InChI=1S/C20H16ClN3/c1-12-6-7-13(2)16(8-12)19-10-17(18(11-22)20(23)24-19)14-4-3-5-15(21)9-14/h3-10H,1-2H3,(H2,23,24). The Morgan fingerprint density at radius 2 is 1.83 bits per heavy atom. The van der Waals surface area contributed by atoms with Crippen LogP contribution in [0, 0.1) is 25.2 Å². The van der Waals surface area contributed by atoms with Crippen molar-refractivity contribution in [1.82, 2.24) is 4.98 Å². The van der Waals surface area contributed by atoms with Crippen molar-refractivity contribution in [2.75, 3.05) is 5.73 Å². The normalized spacial score (nSPS) is 10.4. The first-order valence-electron chi connectivity index (χ1n) is 7.54. The summed E-state index contributed by atoms with van der Waals surface area (Å²) in [4.78, 5) is 4.45. The number of aromatic nitrogens is 1. The molecule has 2 N–H and O–H groups in total. The lowest BCUT2D eigenvalue weighted by atomic mass is 9.96. The van der Waals surface area contributed by atoms with Gasteiger partial charge in [0.25, 0.3) is 0 Å². The number of halogens is 1. The highest BCUT2D eigenvalue weighted by atomic mass is 35.5. The third-order valence-corrected chi connectivity index (χ3v) is 4.20. The molecule has 0 amide bonds. The molecule has 2 aromatic carbocycles. The van der Waals surface area contributed by atoms with E-state index in [1.54, 1.807) is 6.07 Å². The molecule has 0 atom stereocenters. The number of hydrogen-bond donors (Lipinski definition) is 1. The SMILES string of the molecule is Cc1ccc(C)c(-c2cc(-c3cccc(Cl)c3)c(C#N)c(N)n2)c1. The van der Waals surface area contributed by atoms with E-state index in [9.17, 15) is 5.26 Å². The largest absolute Gasteiger partial charge is 0.383 e. The van der Waals surface area contributed by atoms with Gasteiger partial charge in [-0.05, 0) is 49.2 Å². The summed E-state index contributed by atoms with van der Waals surface area (Å²) in [5, 5.41) is 10.1. The number of nitrogen functional groups attached to an aromatic ring is 1. The van der Waals surface area contributed by atoms with E-state index in [1.165, 1.54) is 0 Å². The molecule has 3 nitrogen and oxygen atoms in total. The predicted molar refractivity (Wildman–Crippen MR) is 98.7 cm³/mol. The van der Waals surface area contributed by atoms with Crippen LogP contribution in [0.3, 0.4) is 0 Å². The van der Waals surface area contributed by atoms with Gasteiger partial charge in [-0.1, -0.05) is 41.4 Å². The van der Waals surface area contributed by atoms with Crippen LogP contribution in [0.5, 0.6) is 0 Å². The van der Waals surface area contributed by atoms with E-state index >= 15 is 0 Å². The topological polar surface area (TPSA) is 62.7 Å². The second-order valence-corrected chi connectivity index (χ2v) is 6.19. The van der Waals surface area contributed by atoms with Crippen molar-refractivity contribution in [3.63, 3.8) is 0 Å². The van der Waals surface area contributed by atoms with E-state index in [2.05, 4.69) is 29.3 Å². The van der Waals surface area contributed by atoms with Crippen LogP contribution in [0.15, 0.2) is 48.5 Å². The van der Waals surface area contributed by atoms with Crippen LogP contribution < -0.4 is 5.73 Å². The van der Waals surface area contributed by atoms with Crippen LogP contribution in [0.25, 0.3) is 22.4 Å². The molecule has 4 heteroatoms. The molecule has 3 aromatic rings. The van der Waals surface area contributed by atoms with Crippen molar-refractivity contribution < 1.29 is 0 Å². The zero-order valence-corrected chi connectivity index (χ0v) is 14.2. The van der Waals surface area contributed by atoms with Crippen molar-refractivity contribution in [2.24, 2.45) is 0 Å². The fourth-order valence-corrected chi connectivity index (χ4v) is 2.91. The van der Waals surface area contributed by atoms with Crippen LogP contribution in [0.4, 0.5) is 5.82 Å². The van der Waals surface area contributed by atoms with Crippen LogP contribution in [-0.2, 0) is 0 Å². The number of hydrogen-bond acceptors (Lipinski definition) is 3. The number of nitriles is 1. The summed E-state index contributed by atoms with van der Waals surface area (Å²) in [6.45, 7) is 4.07. The minimum absolute atomic E-state index is 0.228. The highest BCUT2D eigenvalue weighted by molar-refractivity contribution is 6.30. The Morgan fingerprint density at radius 1 is 1.04 bits per heavy atom. The molecule has 0 fully saturated rings. The van der Waals surface area contributed by atoms with Gasteiger partial charge in [-0.2, -0.15) is 5.26 Å². The summed E-state index contributed by atoms with van der Waals surface area (Å²) in [6, 6.07) is 17.6. The maximum atomic E-state index is 9.49. The Labute approximate surface area is 146 Å². The lowest BCUT2D eigenvalue weighted by molar-refractivity contribution is 1.28. The number of rotatable bonds is 2. The van der Waals surface area contributed by atoms with E-state index in [0.29, 0.717) is 10.6 Å². The van der Waals surface area contributed by atoms with Gasteiger partial charge in [0.2, 0.25) is 0 Å². The number of aryl methyl sites for hydroxylation is 2. The Bertz CT molecular complexity index is 971. The van der Waals surface area contributed by atoms with Gasteiger partial charge in [0.15, 0.2) is 0 Å². The first-order chi connectivity index (χ1) is 11.5.